The van der Waals surface area contributed by atoms with Crippen molar-refractivity contribution >= 4 is 16.9 Å². The summed E-state index contributed by atoms with van der Waals surface area (Å²) < 4.78 is 39.6. The molecule has 0 radical (unpaired) electrons. The number of aromatic nitrogens is 3. The normalized spacial score (nSPS) is 12.2. The summed E-state index contributed by atoms with van der Waals surface area (Å²) in [4.78, 5) is 17.7. The highest BCUT2D eigenvalue weighted by Crippen LogP contribution is 2.24. The largest absolute Gasteiger partial charge is 0.406 e. The highest BCUT2D eigenvalue weighted by Gasteiger charge is 2.33. The lowest BCUT2D eigenvalue weighted by atomic mass is 10.1. The van der Waals surface area contributed by atoms with Gasteiger partial charge in [-0.15, -0.1) is 0 Å². The second kappa shape index (κ2) is 6.17. The predicted molar refractivity (Wildman–Crippen MR) is 80.3 cm³/mol. The number of nitrogens with zero attached hydrogens (tertiary/aromatic N) is 4. The Bertz CT molecular complexity index is 721. The van der Waals surface area contributed by atoms with Crippen LogP contribution in [0.4, 0.5) is 13.2 Å². The summed E-state index contributed by atoms with van der Waals surface area (Å²) in [7, 11) is 0. The van der Waals surface area contributed by atoms with Crippen LogP contribution in [-0.4, -0.2) is 44.8 Å². The molecule has 0 bridgehead atoms. The van der Waals surface area contributed by atoms with Crippen LogP contribution in [-0.2, 0) is 0 Å². The van der Waals surface area contributed by atoms with Crippen LogP contribution in [0.3, 0.4) is 0 Å². The first-order valence-corrected chi connectivity index (χ1v) is 7.35. The van der Waals surface area contributed by atoms with E-state index >= 15 is 0 Å². The molecule has 2 aromatic rings. The van der Waals surface area contributed by atoms with Gasteiger partial charge in [0.2, 0.25) is 0 Å². The third-order valence-corrected chi connectivity index (χ3v) is 3.45. The van der Waals surface area contributed by atoms with E-state index < -0.39 is 18.6 Å². The van der Waals surface area contributed by atoms with E-state index in [1.54, 1.807) is 11.6 Å². The van der Waals surface area contributed by atoms with Crippen molar-refractivity contribution in [1.29, 1.82) is 0 Å². The van der Waals surface area contributed by atoms with Crippen LogP contribution in [0.25, 0.3) is 11.0 Å². The van der Waals surface area contributed by atoms with E-state index in [9.17, 15) is 18.0 Å². The van der Waals surface area contributed by atoms with Crippen LogP contribution < -0.4 is 0 Å². The van der Waals surface area contributed by atoms with E-state index in [-0.39, 0.29) is 18.2 Å². The van der Waals surface area contributed by atoms with Crippen LogP contribution >= 0.6 is 0 Å². The number of aryl methyl sites for hydroxylation is 1. The Morgan fingerprint density at radius 1 is 1.39 bits per heavy atom. The molecule has 0 unspecified atom stereocenters. The number of halogens is 3. The number of amides is 1. The SMILES string of the molecule is CCN(CC(F)(F)F)C(=O)c1cc(C)nc2c1cnn2C(C)C. The summed E-state index contributed by atoms with van der Waals surface area (Å²) >= 11 is 0. The number of alkyl halides is 3. The molecule has 126 valence electrons. The van der Waals surface area contributed by atoms with E-state index in [0.29, 0.717) is 16.7 Å². The van der Waals surface area contributed by atoms with Gasteiger partial charge in [0, 0.05) is 18.3 Å². The van der Waals surface area contributed by atoms with Crippen LogP contribution in [0.2, 0.25) is 0 Å². The van der Waals surface area contributed by atoms with Gasteiger partial charge in [0.15, 0.2) is 5.65 Å². The molecule has 0 saturated heterocycles. The van der Waals surface area contributed by atoms with Crippen molar-refractivity contribution in [2.24, 2.45) is 0 Å². The lowest BCUT2D eigenvalue weighted by Gasteiger charge is -2.22. The fraction of sp³-hybridized carbons (Fsp3) is 0.533. The van der Waals surface area contributed by atoms with E-state index in [2.05, 4.69) is 10.1 Å². The molecule has 0 aliphatic heterocycles. The maximum atomic E-state index is 12.6. The molecule has 0 saturated carbocycles. The first kappa shape index (κ1) is 17.2. The van der Waals surface area contributed by atoms with Crippen molar-refractivity contribution in [2.45, 2.75) is 39.9 Å². The summed E-state index contributed by atoms with van der Waals surface area (Å²) in [5, 5.41) is 4.67. The smallest absolute Gasteiger partial charge is 0.330 e. The highest BCUT2D eigenvalue weighted by atomic mass is 19.4. The van der Waals surface area contributed by atoms with Gasteiger partial charge in [-0.2, -0.15) is 18.3 Å². The van der Waals surface area contributed by atoms with Crippen LogP contribution in [0, 0.1) is 6.92 Å². The number of hydrogen-bond donors (Lipinski definition) is 0. The number of pyridine rings is 1. The topological polar surface area (TPSA) is 51.0 Å². The minimum Gasteiger partial charge on any atom is -0.330 e. The number of fused-ring (bicyclic) bond motifs is 1. The molecule has 1 amide bonds. The summed E-state index contributed by atoms with van der Waals surface area (Å²) in [5.41, 5.74) is 1.27. The molecule has 0 aromatic carbocycles. The Morgan fingerprint density at radius 3 is 2.57 bits per heavy atom. The van der Waals surface area contributed by atoms with E-state index in [1.165, 1.54) is 19.2 Å². The van der Waals surface area contributed by atoms with Gasteiger partial charge in [0.1, 0.15) is 6.54 Å². The second-order valence-electron chi connectivity index (χ2n) is 5.67. The monoisotopic (exact) mass is 328 g/mol. The van der Waals surface area contributed by atoms with E-state index in [0.717, 1.165) is 4.90 Å². The third-order valence-electron chi connectivity index (χ3n) is 3.45. The summed E-state index contributed by atoms with van der Waals surface area (Å²) in [6.45, 7) is 5.75. The minimum atomic E-state index is -4.44. The fourth-order valence-electron chi connectivity index (χ4n) is 2.41. The minimum absolute atomic E-state index is 0.0282. The third kappa shape index (κ3) is 3.62. The Balaban J connectivity index is 2.52. The van der Waals surface area contributed by atoms with Gasteiger partial charge in [-0.05, 0) is 33.8 Å². The van der Waals surface area contributed by atoms with Crippen molar-refractivity contribution in [3.63, 3.8) is 0 Å². The van der Waals surface area contributed by atoms with Crippen molar-refractivity contribution < 1.29 is 18.0 Å². The molecule has 0 aliphatic rings. The molecule has 0 aliphatic carbocycles. The highest BCUT2D eigenvalue weighted by molar-refractivity contribution is 6.05. The Morgan fingerprint density at radius 2 is 2.04 bits per heavy atom. The number of rotatable bonds is 4. The van der Waals surface area contributed by atoms with Gasteiger partial charge in [0.25, 0.3) is 5.91 Å². The van der Waals surface area contributed by atoms with Gasteiger partial charge in [-0.3, -0.25) is 4.79 Å². The predicted octanol–water partition coefficient (Wildman–Crippen LogP) is 3.35. The average molecular weight is 328 g/mol. The van der Waals surface area contributed by atoms with Crippen LogP contribution in [0.15, 0.2) is 12.3 Å². The molecule has 5 nitrogen and oxygen atoms in total. The zero-order valence-electron chi connectivity index (χ0n) is 13.5. The summed E-state index contributed by atoms with van der Waals surface area (Å²) in [5.74, 6) is -0.663. The molecule has 0 fully saturated rings. The summed E-state index contributed by atoms with van der Waals surface area (Å²) in [6, 6.07) is 1.54. The van der Waals surface area contributed by atoms with Gasteiger partial charge in [-0.1, -0.05) is 0 Å². The summed E-state index contributed by atoms with van der Waals surface area (Å²) in [6.07, 6.45) is -2.95. The zero-order chi connectivity index (χ0) is 17.4. The quantitative estimate of drug-likeness (QED) is 0.865. The van der Waals surface area contributed by atoms with E-state index in [1.807, 2.05) is 13.8 Å². The first-order chi connectivity index (χ1) is 10.6. The maximum Gasteiger partial charge on any atom is 0.406 e. The number of carbonyl (C=O) groups is 1. The van der Waals surface area contributed by atoms with Gasteiger partial charge >= 0.3 is 6.18 Å². The lowest BCUT2D eigenvalue weighted by Crippen LogP contribution is -2.38. The van der Waals surface area contributed by atoms with Crippen molar-refractivity contribution in [3.8, 4) is 0 Å². The van der Waals surface area contributed by atoms with Crippen molar-refractivity contribution in [2.75, 3.05) is 13.1 Å². The molecular weight excluding hydrogens is 309 g/mol. The molecule has 0 atom stereocenters. The van der Waals surface area contributed by atoms with Crippen molar-refractivity contribution in [3.05, 3.63) is 23.5 Å². The molecular formula is C15H19F3N4O. The Kier molecular flexibility index (Phi) is 4.63. The molecule has 0 spiro atoms. The Hall–Kier alpha value is -2.12. The number of carbonyl (C=O) groups excluding carboxylic acids is 1. The zero-order valence-corrected chi connectivity index (χ0v) is 13.5. The molecule has 2 rings (SSSR count). The lowest BCUT2D eigenvalue weighted by molar-refractivity contribution is -0.140. The van der Waals surface area contributed by atoms with Gasteiger partial charge in [0.05, 0.1) is 17.1 Å². The molecule has 8 heteroatoms. The van der Waals surface area contributed by atoms with E-state index in [4.69, 9.17) is 0 Å². The number of hydrogen-bond acceptors (Lipinski definition) is 3. The van der Waals surface area contributed by atoms with Crippen molar-refractivity contribution in [1.82, 2.24) is 19.7 Å². The van der Waals surface area contributed by atoms with Crippen LogP contribution in [0.1, 0.15) is 42.9 Å². The molecule has 0 N–H and O–H groups in total. The first-order valence-electron chi connectivity index (χ1n) is 7.35. The fourth-order valence-corrected chi connectivity index (χ4v) is 2.41. The second-order valence-corrected chi connectivity index (χ2v) is 5.67. The molecule has 2 heterocycles. The maximum absolute atomic E-state index is 12.6. The average Bonchev–Trinajstić information content (AvgIpc) is 2.85. The van der Waals surface area contributed by atoms with Crippen LogP contribution in [0.5, 0.6) is 0 Å². The molecule has 2 aromatic heterocycles. The van der Waals surface area contributed by atoms with Gasteiger partial charge in [-0.25, -0.2) is 9.67 Å². The Labute approximate surface area is 132 Å². The van der Waals surface area contributed by atoms with Gasteiger partial charge < -0.3 is 4.90 Å². The molecule has 23 heavy (non-hydrogen) atoms. The standard InChI is InChI=1S/C15H19F3N4O/c1-5-21(8-15(16,17)18)14(23)11-6-10(4)20-13-12(11)7-19-22(13)9(2)3/h6-7,9H,5,8H2,1-4H3.